The standard InChI is InChI=1S/C11H14O5S/c1-7-4-8(2)11(9(5-7)16-3)17(14,15)6-10(12)13/h4-5H,6H2,1-3H3,(H,12,13). The van der Waals surface area contributed by atoms with Gasteiger partial charge in [0.2, 0.25) is 0 Å². The largest absolute Gasteiger partial charge is 0.495 e. The second kappa shape index (κ2) is 4.75. The quantitative estimate of drug-likeness (QED) is 0.876. The Labute approximate surface area is 100.0 Å². The molecule has 5 nitrogen and oxygen atoms in total. The van der Waals surface area contributed by atoms with E-state index in [4.69, 9.17) is 9.84 Å². The summed E-state index contributed by atoms with van der Waals surface area (Å²) in [5.41, 5.74) is 1.34. The van der Waals surface area contributed by atoms with Crippen LogP contribution in [-0.2, 0) is 14.6 Å². The summed E-state index contributed by atoms with van der Waals surface area (Å²) in [5, 5.41) is 8.60. The first-order valence-corrected chi connectivity index (χ1v) is 6.53. The molecule has 0 unspecified atom stereocenters. The molecular weight excluding hydrogens is 244 g/mol. The van der Waals surface area contributed by atoms with E-state index in [1.807, 2.05) is 6.92 Å². The maximum absolute atomic E-state index is 11.9. The van der Waals surface area contributed by atoms with Crippen molar-refractivity contribution in [2.24, 2.45) is 0 Å². The molecule has 1 N–H and O–H groups in total. The monoisotopic (exact) mass is 258 g/mol. The fraction of sp³-hybridized carbons (Fsp3) is 0.364. The molecular formula is C11H14O5S. The predicted molar refractivity (Wildman–Crippen MR) is 62.2 cm³/mol. The molecule has 17 heavy (non-hydrogen) atoms. The number of carbonyl (C=O) groups is 1. The Morgan fingerprint density at radius 3 is 2.41 bits per heavy atom. The molecule has 94 valence electrons. The Hall–Kier alpha value is -1.56. The van der Waals surface area contributed by atoms with Crippen molar-refractivity contribution in [3.8, 4) is 5.75 Å². The van der Waals surface area contributed by atoms with Crippen molar-refractivity contribution in [2.75, 3.05) is 12.9 Å². The summed E-state index contributed by atoms with van der Waals surface area (Å²) in [6, 6.07) is 3.25. The zero-order chi connectivity index (χ0) is 13.2. The van der Waals surface area contributed by atoms with Crippen LogP contribution in [0.5, 0.6) is 5.75 Å². The third kappa shape index (κ3) is 2.97. The molecule has 0 bridgehead atoms. The van der Waals surface area contributed by atoms with Crippen LogP contribution in [0.2, 0.25) is 0 Å². The van der Waals surface area contributed by atoms with Gasteiger partial charge in [-0.15, -0.1) is 0 Å². The number of methoxy groups -OCH3 is 1. The van der Waals surface area contributed by atoms with E-state index < -0.39 is 21.6 Å². The van der Waals surface area contributed by atoms with Gasteiger partial charge in [0.15, 0.2) is 15.6 Å². The lowest BCUT2D eigenvalue weighted by atomic mass is 10.1. The van der Waals surface area contributed by atoms with E-state index in [-0.39, 0.29) is 10.6 Å². The molecule has 0 spiro atoms. The highest BCUT2D eigenvalue weighted by Gasteiger charge is 2.25. The SMILES string of the molecule is COc1cc(C)cc(C)c1S(=O)(=O)CC(=O)O. The Morgan fingerprint density at radius 1 is 1.35 bits per heavy atom. The maximum atomic E-state index is 11.9. The van der Waals surface area contributed by atoms with Crippen LogP contribution in [0.25, 0.3) is 0 Å². The van der Waals surface area contributed by atoms with Crippen LogP contribution in [0.4, 0.5) is 0 Å². The molecule has 0 radical (unpaired) electrons. The van der Waals surface area contributed by atoms with Crippen LogP contribution in [-0.4, -0.2) is 32.4 Å². The van der Waals surface area contributed by atoms with Crippen molar-refractivity contribution < 1.29 is 23.1 Å². The number of ether oxygens (including phenoxy) is 1. The molecule has 0 aromatic heterocycles. The molecule has 0 amide bonds. The van der Waals surface area contributed by atoms with Crippen LogP contribution in [0.3, 0.4) is 0 Å². The summed E-state index contributed by atoms with van der Waals surface area (Å²) in [6.07, 6.45) is 0. The van der Waals surface area contributed by atoms with Crippen molar-refractivity contribution in [2.45, 2.75) is 18.7 Å². The smallest absolute Gasteiger partial charge is 0.319 e. The van der Waals surface area contributed by atoms with Gasteiger partial charge < -0.3 is 9.84 Å². The van der Waals surface area contributed by atoms with E-state index in [2.05, 4.69) is 0 Å². The van der Waals surface area contributed by atoms with Gasteiger partial charge in [-0.2, -0.15) is 0 Å². The highest BCUT2D eigenvalue weighted by molar-refractivity contribution is 7.92. The van der Waals surface area contributed by atoms with Gasteiger partial charge in [-0.3, -0.25) is 4.79 Å². The molecule has 1 rings (SSSR count). The molecule has 0 saturated heterocycles. The molecule has 0 atom stereocenters. The van der Waals surface area contributed by atoms with E-state index in [9.17, 15) is 13.2 Å². The van der Waals surface area contributed by atoms with Crippen LogP contribution in [0.15, 0.2) is 17.0 Å². The van der Waals surface area contributed by atoms with E-state index in [0.717, 1.165) is 5.56 Å². The number of hydrogen-bond donors (Lipinski definition) is 1. The van der Waals surface area contributed by atoms with Crippen LogP contribution in [0.1, 0.15) is 11.1 Å². The molecule has 0 saturated carbocycles. The minimum Gasteiger partial charge on any atom is -0.495 e. The Bertz CT molecular complexity index is 545. The summed E-state index contributed by atoms with van der Waals surface area (Å²) >= 11 is 0. The molecule has 0 aliphatic heterocycles. The van der Waals surface area contributed by atoms with Crippen molar-refractivity contribution in [1.29, 1.82) is 0 Å². The Kier molecular flexibility index (Phi) is 3.77. The highest BCUT2D eigenvalue weighted by Crippen LogP contribution is 2.29. The molecule has 0 aliphatic carbocycles. The van der Waals surface area contributed by atoms with Gasteiger partial charge in [0.25, 0.3) is 0 Å². The number of benzene rings is 1. The number of rotatable bonds is 4. The van der Waals surface area contributed by atoms with Crippen molar-refractivity contribution in [1.82, 2.24) is 0 Å². The Balaban J connectivity index is 3.45. The predicted octanol–water partition coefficient (Wildman–Crippen LogP) is 1.17. The fourth-order valence-corrected chi connectivity index (χ4v) is 3.17. The zero-order valence-electron chi connectivity index (χ0n) is 9.85. The lowest BCUT2D eigenvalue weighted by Gasteiger charge is -2.12. The topological polar surface area (TPSA) is 80.7 Å². The van der Waals surface area contributed by atoms with Crippen molar-refractivity contribution in [3.63, 3.8) is 0 Å². The maximum Gasteiger partial charge on any atom is 0.319 e. The molecule has 1 aromatic rings. The number of sulfone groups is 1. The number of aliphatic carboxylic acids is 1. The van der Waals surface area contributed by atoms with E-state index in [1.54, 1.807) is 19.1 Å². The van der Waals surface area contributed by atoms with Gasteiger partial charge in [0.05, 0.1) is 7.11 Å². The van der Waals surface area contributed by atoms with E-state index in [1.165, 1.54) is 7.11 Å². The van der Waals surface area contributed by atoms with Gasteiger partial charge >= 0.3 is 5.97 Å². The number of carboxylic acids is 1. The van der Waals surface area contributed by atoms with E-state index >= 15 is 0 Å². The minimum atomic E-state index is -3.87. The third-order valence-electron chi connectivity index (χ3n) is 2.23. The van der Waals surface area contributed by atoms with Gasteiger partial charge in [-0.05, 0) is 31.0 Å². The second-order valence-electron chi connectivity index (χ2n) is 3.77. The minimum absolute atomic E-state index is 0.0481. The van der Waals surface area contributed by atoms with Crippen molar-refractivity contribution in [3.05, 3.63) is 23.3 Å². The van der Waals surface area contributed by atoms with Crippen LogP contribution in [0, 0.1) is 13.8 Å². The second-order valence-corrected chi connectivity index (χ2v) is 5.69. The first-order chi connectivity index (χ1) is 7.77. The van der Waals surface area contributed by atoms with Crippen molar-refractivity contribution >= 4 is 15.8 Å². The summed E-state index contributed by atoms with van der Waals surface area (Å²) in [6.45, 7) is 3.42. The Morgan fingerprint density at radius 2 is 1.94 bits per heavy atom. The number of aryl methyl sites for hydroxylation is 2. The first-order valence-electron chi connectivity index (χ1n) is 4.87. The molecule has 1 aromatic carbocycles. The van der Waals surface area contributed by atoms with Gasteiger partial charge in [-0.25, -0.2) is 8.42 Å². The number of carboxylic acid groups (broad SMARTS) is 1. The number of hydrogen-bond acceptors (Lipinski definition) is 4. The molecule has 0 fully saturated rings. The van der Waals surface area contributed by atoms with Gasteiger partial charge in [0, 0.05) is 0 Å². The lowest BCUT2D eigenvalue weighted by molar-refractivity contribution is -0.134. The molecule has 6 heteroatoms. The summed E-state index contributed by atoms with van der Waals surface area (Å²) in [5.74, 6) is -2.14. The van der Waals surface area contributed by atoms with Crippen LogP contribution >= 0.6 is 0 Å². The van der Waals surface area contributed by atoms with E-state index in [0.29, 0.717) is 5.56 Å². The molecule has 0 aliphatic rings. The van der Waals surface area contributed by atoms with Gasteiger partial charge in [-0.1, -0.05) is 6.07 Å². The third-order valence-corrected chi connectivity index (χ3v) is 4.00. The fourth-order valence-electron chi connectivity index (χ4n) is 1.70. The van der Waals surface area contributed by atoms with Gasteiger partial charge in [0.1, 0.15) is 10.6 Å². The average Bonchev–Trinajstić information content (AvgIpc) is 2.13. The first kappa shape index (κ1) is 13.5. The summed E-state index contributed by atoms with van der Waals surface area (Å²) < 4.78 is 28.8. The van der Waals surface area contributed by atoms with Crippen LogP contribution < -0.4 is 4.74 Å². The summed E-state index contributed by atoms with van der Waals surface area (Å²) in [7, 11) is -2.52. The highest BCUT2D eigenvalue weighted by atomic mass is 32.2. The summed E-state index contributed by atoms with van der Waals surface area (Å²) in [4.78, 5) is 10.5. The zero-order valence-corrected chi connectivity index (χ0v) is 10.7. The normalized spacial score (nSPS) is 11.2. The lowest BCUT2D eigenvalue weighted by Crippen LogP contribution is -2.17. The molecule has 0 heterocycles. The average molecular weight is 258 g/mol.